The number of benzene rings is 3. The Morgan fingerprint density at radius 1 is 0.784 bits per heavy atom. The zero-order valence-electron chi connectivity index (χ0n) is 21.6. The second-order valence-corrected chi connectivity index (χ2v) is 10.4. The lowest BCUT2D eigenvalue weighted by atomic mass is 9.74. The van der Waals surface area contributed by atoms with Gasteiger partial charge >= 0.3 is 0 Å². The number of rotatable bonds is 6. The molecule has 2 N–H and O–H groups in total. The molecule has 3 aromatic carbocycles. The molecular formula is C35H34N2. The van der Waals surface area contributed by atoms with Gasteiger partial charge in [0.2, 0.25) is 0 Å². The number of hydrogen-bond donors (Lipinski definition) is 2. The minimum atomic E-state index is 0.769. The number of nitrogens with one attached hydrogen (secondary N) is 2. The Bertz CT molecular complexity index is 1480. The summed E-state index contributed by atoms with van der Waals surface area (Å²) in [5, 5.41) is 11.3. The maximum atomic E-state index is 7.69. The van der Waals surface area contributed by atoms with Crippen molar-refractivity contribution in [3.8, 4) is 11.1 Å². The van der Waals surface area contributed by atoms with Gasteiger partial charge in [0.25, 0.3) is 0 Å². The zero-order chi connectivity index (χ0) is 25.2. The minimum Gasteiger partial charge on any atom is -0.361 e. The third-order valence-electron chi connectivity index (χ3n) is 7.99. The lowest BCUT2D eigenvalue weighted by Crippen LogP contribution is -2.17. The molecule has 2 heteroatoms. The van der Waals surface area contributed by atoms with Crippen LogP contribution in [-0.4, -0.2) is 5.71 Å². The van der Waals surface area contributed by atoms with Crippen molar-refractivity contribution in [1.29, 1.82) is 5.41 Å². The fraction of sp³-hybridized carbons (Fsp3) is 0.229. The lowest BCUT2D eigenvalue weighted by Gasteiger charge is -2.31. The van der Waals surface area contributed by atoms with Crippen LogP contribution < -0.4 is 5.32 Å². The van der Waals surface area contributed by atoms with Crippen molar-refractivity contribution in [3.63, 3.8) is 0 Å². The molecule has 2 nitrogen and oxygen atoms in total. The van der Waals surface area contributed by atoms with Crippen LogP contribution in [0.2, 0.25) is 0 Å². The van der Waals surface area contributed by atoms with E-state index in [0.717, 1.165) is 50.7 Å². The van der Waals surface area contributed by atoms with Crippen molar-refractivity contribution in [2.75, 3.05) is 0 Å². The molecule has 2 aliphatic carbocycles. The lowest BCUT2D eigenvalue weighted by molar-refractivity contribution is 0.859. The Morgan fingerprint density at radius 3 is 2.43 bits per heavy atom. The average Bonchev–Trinajstić information content (AvgIpc) is 3.22. The Balaban J connectivity index is 1.44. The molecule has 0 atom stereocenters. The number of aryl methyl sites for hydroxylation is 2. The van der Waals surface area contributed by atoms with Crippen LogP contribution in [0.15, 0.2) is 96.9 Å². The standard InChI is InChI=1S/C35H34N2/c1-24(36)8-7-9-25-13-15-27(16-14-25)29-19-20-32-31-18-17-26-10-4-5-11-28(26)30(31)21-22-33(32)35(29)34-12-3-2-6-23-37-34/h2-6,10-16,21-23,36-37H,7-9,17-20H2,1H3. The van der Waals surface area contributed by atoms with E-state index in [0.29, 0.717) is 0 Å². The second-order valence-electron chi connectivity index (χ2n) is 10.4. The average molecular weight is 483 g/mol. The Labute approximate surface area is 220 Å². The third-order valence-corrected chi connectivity index (χ3v) is 7.99. The van der Waals surface area contributed by atoms with Crippen LogP contribution >= 0.6 is 0 Å². The quantitative estimate of drug-likeness (QED) is 0.341. The van der Waals surface area contributed by atoms with Crippen LogP contribution in [-0.2, 0) is 25.7 Å². The molecule has 0 fully saturated rings. The largest absolute Gasteiger partial charge is 0.361 e. The molecule has 0 aromatic heterocycles. The first kappa shape index (κ1) is 23.5. The summed E-state index contributed by atoms with van der Waals surface area (Å²) in [6, 6.07) is 22.9. The number of allylic oxidation sites excluding steroid dienone is 6. The van der Waals surface area contributed by atoms with Crippen molar-refractivity contribution >= 4 is 16.9 Å². The predicted molar refractivity (Wildman–Crippen MR) is 157 cm³/mol. The first-order chi connectivity index (χ1) is 18.2. The van der Waals surface area contributed by atoms with Crippen molar-refractivity contribution in [1.82, 2.24) is 5.32 Å². The predicted octanol–water partition coefficient (Wildman–Crippen LogP) is 8.23. The van der Waals surface area contributed by atoms with Crippen LogP contribution in [0.3, 0.4) is 0 Å². The summed E-state index contributed by atoms with van der Waals surface area (Å²) < 4.78 is 0. The molecule has 1 heterocycles. The first-order valence-electron chi connectivity index (χ1n) is 13.6. The topological polar surface area (TPSA) is 35.9 Å². The maximum Gasteiger partial charge on any atom is 0.0462 e. The fourth-order valence-electron chi connectivity index (χ4n) is 6.19. The second kappa shape index (κ2) is 10.2. The fourth-order valence-corrected chi connectivity index (χ4v) is 6.19. The van der Waals surface area contributed by atoms with E-state index in [2.05, 4.69) is 90.3 Å². The number of fused-ring (bicyclic) bond motifs is 5. The summed E-state index contributed by atoms with van der Waals surface area (Å²) in [4.78, 5) is 0. The molecule has 3 aromatic rings. The van der Waals surface area contributed by atoms with E-state index in [-0.39, 0.29) is 0 Å². The third kappa shape index (κ3) is 4.64. The van der Waals surface area contributed by atoms with Gasteiger partial charge in [0, 0.05) is 23.2 Å². The van der Waals surface area contributed by atoms with E-state index in [4.69, 9.17) is 5.41 Å². The molecular weight excluding hydrogens is 448 g/mol. The molecule has 0 unspecified atom stereocenters. The van der Waals surface area contributed by atoms with E-state index < -0.39 is 0 Å². The minimum absolute atomic E-state index is 0.769. The van der Waals surface area contributed by atoms with Gasteiger partial charge in [-0.2, -0.15) is 0 Å². The van der Waals surface area contributed by atoms with Gasteiger partial charge < -0.3 is 10.7 Å². The van der Waals surface area contributed by atoms with Crippen molar-refractivity contribution in [2.45, 2.75) is 51.9 Å². The van der Waals surface area contributed by atoms with Gasteiger partial charge in [-0.05, 0) is 114 Å². The van der Waals surface area contributed by atoms with Crippen LogP contribution in [0.5, 0.6) is 0 Å². The smallest absolute Gasteiger partial charge is 0.0462 e. The molecule has 184 valence electrons. The van der Waals surface area contributed by atoms with Crippen molar-refractivity contribution in [3.05, 3.63) is 130 Å². The Kier molecular flexibility index (Phi) is 6.49. The van der Waals surface area contributed by atoms with E-state index in [9.17, 15) is 0 Å². The Hall–Kier alpha value is -3.91. The summed E-state index contributed by atoms with van der Waals surface area (Å²) >= 11 is 0. The maximum absolute atomic E-state index is 7.69. The first-order valence-corrected chi connectivity index (χ1v) is 13.6. The van der Waals surface area contributed by atoms with E-state index in [1.54, 1.807) is 5.56 Å². The molecule has 0 radical (unpaired) electrons. The highest BCUT2D eigenvalue weighted by atomic mass is 14.9. The Morgan fingerprint density at radius 2 is 1.57 bits per heavy atom. The van der Waals surface area contributed by atoms with Crippen LogP contribution in [0, 0.1) is 5.41 Å². The van der Waals surface area contributed by atoms with Gasteiger partial charge in [-0.25, -0.2) is 0 Å². The molecule has 0 spiro atoms. The molecule has 0 bridgehead atoms. The molecule has 1 aliphatic heterocycles. The van der Waals surface area contributed by atoms with Gasteiger partial charge in [0.05, 0.1) is 0 Å². The highest BCUT2D eigenvalue weighted by Gasteiger charge is 2.28. The van der Waals surface area contributed by atoms with Gasteiger partial charge in [0.15, 0.2) is 0 Å². The van der Waals surface area contributed by atoms with E-state index in [1.165, 1.54) is 55.8 Å². The van der Waals surface area contributed by atoms with Gasteiger partial charge in [-0.3, -0.25) is 0 Å². The summed E-state index contributed by atoms with van der Waals surface area (Å²) in [5.41, 5.74) is 16.1. The summed E-state index contributed by atoms with van der Waals surface area (Å²) in [6.45, 7) is 1.90. The van der Waals surface area contributed by atoms with Crippen LogP contribution in [0.25, 0.3) is 22.3 Å². The van der Waals surface area contributed by atoms with Crippen LogP contribution in [0.4, 0.5) is 0 Å². The highest BCUT2D eigenvalue weighted by Crippen LogP contribution is 2.45. The molecule has 37 heavy (non-hydrogen) atoms. The highest BCUT2D eigenvalue weighted by molar-refractivity contribution is 6.01. The van der Waals surface area contributed by atoms with Gasteiger partial charge in [0.1, 0.15) is 0 Å². The van der Waals surface area contributed by atoms with Crippen molar-refractivity contribution in [2.24, 2.45) is 0 Å². The molecule has 3 aliphatic rings. The van der Waals surface area contributed by atoms with E-state index >= 15 is 0 Å². The normalized spacial score (nSPS) is 15.8. The molecule has 0 saturated heterocycles. The molecule has 0 amide bonds. The zero-order valence-corrected chi connectivity index (χ0v) is 21.6. The summed E-state index contributed by atoms with van der Waals surface area (Å²) in [6.07, 6.45) is 17.8. The monoisotopic (exact) mass is 482 g/mol. The summed E-state index contributed by atoms with van der Waals surface area (Å²) in [5.74, 6) is 0. The van der Waals surface area contributed by atoms with Crippen molar-refractivity contribution < 1.29 is 0 Å². The number of hydrogen-bond acceptors (Lipinski definition) is 2. The van der Waals surface area contributed by atoms with Gasteiger partial charge in [-0.1, -0.05) is 72.8 Å². The molecule has 0 saturated carbocycles. The summed E-state index contributed by atoms with van der Waals surface area (Å²) in [7, 11) is 0. The van der Waals surface area contributed by atoms with Gasteiger partial charge in [-0.15, -0.1) is 0 Å². The molecule has 6 rings (SSSR count). The van der Waals surface area contributed by atoms with E-state index in [1.807, 2.05) is 13.1 Å². The SMILES string of the molecule is CC(=N)CCCc1ccc(C2=C(C3=CC=CC=CN3)c3ccc4c(c3CC2)CCc2ccccc2-4)cc1. The van der Waals surface area contributed by atoms with Crippen LogP contribution in [0.1, 0.15) is 59.6 Å².